The van der Waals surface area contributed by atoms with E-state index in [4.69, 9.17) is 0 Å². The summed E-state index contributed by atoms with van der Waals surface area (Å²) in [5, 5.41) is 0. The lowest BCUT2D eigenvalue weighted by molar-refractivity contribution is 0.696. The van der Waals surface area contributed by atoms with Crippen LogP contribution < -0.4 is 0 Å². The number of hydrogen-bond donors (Lipinski definition) is 0. The van der Waals surface area contributed by atoms with Gasteiger partial charge in [0, 0.05) is 11.9 Å². The summed E-state index contributed by atoms with van der Waals surface area (Å²) in [4.78, 5) is 13.3. The average molecular weight is 560 g/mol. The van der Waals surface area contributed by atoms with Gasteiger partial charge in [0.15, 0.2) is 0 Å². The highest BCUT2D eigenvalue weighted by atomic mass is 14.9. The highest BCUT2D eigenvalue weighted by Crippen LogP contribution is 2.31. The third kappa shape index (κ3) is 10.3. The smallest absolute Gasteiger partial charge is 0.115 e. The molecule has 41 heavy (non-hydrogen) atoms. The fourth-order valence-corrected chi connectivity index (χ4v) is 5.73. The third-order valence-corrected chi connectivity index (χ3v) is 7.54. The predicted molar refractivity (Wildman–Crippen MR) is 181 cm³/mol. The zero-order valence-electron chi connectivity index (χ0n) is 29.3. The lowest BCUT2D eigenvalue weighted by Gasteiger charge is -2.19. The van der Waals surface area contributed by atoms with Gasteiger partial charge in [-0.1, -0.05) is 115 Å². The first kappa shape index (κ1) is 36.5. The average Bonchev–Trinajstić information content (AvgIpc) is 2.87. The fraction of sp³-hybridized carbons (Fsp3) is 0.605. The lowest BCUT2D eigenvalue weighted by Crippen LogP contribution is -2.09. The lowest BCUT2D eigenvalue weighted by atomic mass is 9.87. The number of benzene rings is 1. The Bertz CT molecular complexity index is 1110. The Hall–Kier alpha value is -2.55. The van der Waals surface area contributed by atoms with Crippen LogP contribution in [-0.2, 0) is 0 Å². The maximum Gasteiger partial charge on any atom is 0.115 e. The van der Waals surface area contributed by atoms with Gasteiger partial charge in [-0.05, 0) is 94.7 Å². The molecule has 3 nitrogen and oxygen atoms in total. The maximum atomic E-state index is 4.46. The highest BCUT2D eigenvalue weighted by Gasteiger charge is 2.18. The zero-order chi connectivity index (χ0) is 31.6. The van der Waals surface area contributed by atoms with Crippen molar-refractivity contribution >= 4 is 0 Å². The summed E-state index contributed by atoms with van der Waals surface area (Å²) in [5.74, 6) is 3.83. The van der Waals surface area contributed by atoms with Gasteiger partial charge in [-0.3, -0.25) is 4.98 Å². The quantitative estimate of drug-likeness (QED) is 0.289. The highest BCUT2D eigenvalue weighted by molar-refractivity contribution is 5.38. The van der Waals surface area contributed by atoms with Gasteiger partial charge in [-0.2, -0.15) is 0 Å². The van der Waals surface area contributed by atoms with Gasteiger partial charge in [0.1, 0.15) is 6.33 Å². The molecule has 3 aromatic rings. The second-order valence-electron chi connectivity index (χ2n) is 13.6. The van der Waals surface area contributed by atoms with Crippen LogP contribution in [-0.4, -0.2) is 15.0 Å². The van der Waals surface area contributed by atoms with E-state index in [0.29, 0.717) is 41.4 Å². The van der Waals surface area contributed by atoms with Gasteiger partial charge in [0.05, 0.1) is 11.4 Å². The van der Waals surface area contributed by atoms with Gasteiger partial charge in [0.2, 0.25) is 0 Å². The van der Waals surface area contributed by atoms with E-state index < -0.39 is 0 Å². The van der Waals surface area contributed by atoms with Crippen LogP contribution >= 0.6 is 0 Å². The van der Waals surface area contributed by atoms with E-state index in [1.807, 2.05) is 6.20 Å². The molecule has 0 bridgehead atoms. The number of aryl methyl sites for hydroxylation is 2. The molecule has 0 saturated heterocycles. The molecule has 0 aliphatic rings. The summed E-state index contributed by atoms with van der Waals surface area (Å²) in [6, 6.07) is 8.73. The molecule has 0 amide bonds. The molecular formula is C38H61N3. The Morgan fingerprint density at radius 2 is 0.829 bits per heavy atom. The van der Waals surface area contributed by atoms with E-state index in [1.54, 1.807) is 6.33 Å². The molecule has 0 unspecified atom stereocenters. The standard InChI is InChI=1S/C13H22N2.C13H20.C12H19N/c1-8(2)11-12(9(3)4)14-7-15-13(11)10(5)6;1-9(2)12-8-6-7-11(5)13(12)10(3)4;1-8(2)11-10(5)6-7-13-12(11)9(3)4/h7-10H,1-6H3;6-10H,1-5H3;6-9H,1-5H3. The van der Waals surface area contributed by atoms with Crippen molar-refractivity contribution in [1.29, 1.82) is 0 Å². The first-order valence-electron chi connectivity index (χ1n) is 15.9. The Morgan fingerprint density at radius 1 is 0.415 bits per heavy atom. The van der Waals surface area contributed by atoms with Crippen LogP contribution in [0.1, 0.15) is 189 Å². The zero-order valence-corrected chi connectivity index (χ0v) is 29.3. The van der Waals surface area contributed by atoms with Crippen molar-refractivity contribution in [1.82, 2.24) is 15.0 Å². The fourth-order valence-electron chi connectivity index (χ4n) is 5.73. The first-order valence-corrected chi connectivity index (χ1v) is 15.9. The van der Waals surface area contributed by atoms with Gasteiger partial charge in [-0.25, -0.2) is 9.97 Å². The summed E-state index contributed by atoms with van der Waals surface area (Å²) in [6.07, 6.45) is 3.62. The molecule has 0 spiro atoms. The summed E-state index contributed by atoms with van der Waals surface area (Å²) in [6.45, 7) is 35.5. The Morgan fingerprint density at radius 3 is 1.17 bits per heavy atom. The van der Waals surface area contributed by atoms with Crippen LogP contribution in [0.5, 0.6) is 0 Å². The van der Waals surface area contributed by atoms with Crippen molar-refractivity contribution in [3.8, 4) is 0 Å². The van der Waals surface area contributed by atoms with E-state index >= 15 is 0 Å². The number of pyridine rings is 1. The van der Waals surface area contributed by atoms with Crippen LogP contribution in [0, 0.1) is 13.8 Å². The summed E-state index contributed by atoms with van der Waals surface area (Å²) in [5.41, 5.74) is 12.3. The second-order valence-corrected chi connectivity index (χ2v) is 13.6. The molecule has 2 aromatic heterocycles. The molecule has 3 heteroatoms. The Kier molecular flexibility index (Phi) is 14.9. The molecule has 1 aromatic carbocycles. The van der Waals surface area contributed by atoms with E-state index in [0.717, 1.165) is 0 Å². The van der Waals surface area contributed by atoms with Crippen LogP contribution in [0.25, 0.3) is 0 Å². The minimum absolute atomic E-state index is 0.475. The molecule has 3 rings (SSSR count). The first-order chi connectivity index (χ1) is 19.0. The molecule has 0 aliphatic carbocycles. The van der Waals surface area contributed by atoms with Crippen molar-refractivity contribution in [3.05, 3.63) is 87.3 Å². The number of rotatable bonds is 7. The van der Waals surface area contributed by atoms with Crippen LogP contribution in [0.4, 0.5) is 0 Å². The van der Waals surface area contributed by atoms with E-state index in [-0.39, 0.29) is 0 Å². The van der Waals surface area contributed by atoms with Crippen LogP contribution in [0.3, 0.4) is 0 Å². The van der Waals surface area contributed by atoms with Gasteiger partial charge >= 0.3 is 0 Å². The normalized spacial score (nSPS) is 11.5. The second kappa shape index (κ2) is 16.8. The molecule has 0 N–H and O–H groups in total. The van der Waals surface area contributed by atoms with Gasteiger partial charge < -0.3 is 0 Å². The summed E-state index contributed by atoms with van der Waals surface area (Å²) >= 11 is 0. The topological polar surface area (TPSA) is 38.7 Å². The van der Waals surface area contributed by atoms with Crippen LogP contribution in [0.2, 0.25) is 0 Å². The van der Waals surface area contributed by atoms with Gasteiger partial charge in [0.25, 0.3) is 0 Å². The van der Waals surface area contributed by atoms with Crippen molar-refractivity contribution in [2.24, 2.45) is 0 Å². The van der Waals surface area contributed by atoms with E-state index in [1.165, 1.54) is 50.5 Å². The van der Waals surface area contributed by atoms with Crippen LogP contribution in [0.15, 0.2) is 36.8 Å². The van der Waals surface area contributed by atoms with Crippen molar-refractivity contribution in [2.45, 2.75) is 152 Å². The van der Waals surface area contributed by atoms with Crippen molar-refractivity contribution in [2.75, 3.05) is 0 Å². The molecular weight excluding hydrogens is 498 g/mol. The van der Waals surface area contributed by atoms with Crippen molar-refractivity contribution in [3.63, 3.8) is 0 Å². The predicted octanol–water partition coefficient (Wildman–Crippen LogP) is 11.7. The number of nitrogens with zero attached hydrogens (tertiary/aromatic N) is 3. The van der Waals surface area contributed by atoms with E-state index in [2.05, 4.69) is 150 Å². The Labute approximate surface area is 254 Å². The minimum Gasteiger partial charge on any atom is -0.261 e. The SMILES string of the molecule is CC(C)c1ncnc(C(C)C)c1C(C)C.Cc1cccc(C(C)C)c1C(C)C.Cc1ccnc(C(C)C)c1C(C)C. The monoisotopic (exact) mass is 559 g/mol. The summed E-state index contributed by atoms with van der Waals surface area (Å²) < 4.78 is 0. The third-order valence-electron chi connectivity index (χ3n) is 7.54. The molecule has 0 radical (unpaired) electrons. The van der Waals surface area contributed by atoms with Gasteiger partial charge in [-0.15, -0.1) is 0 Å². The molecule has 228 valence electrons. The minimum atomic E-state index is 0.475. The molecule has 0 atom stereocenters. The molecule has 0 saturated carbocycles. The number of hydrogen-bond acceptors (Lipinski definition) is 3. The Balaban J connectivity index is 0.000000309. The number of aromatic nitrogens is 3. The van der Waals surface area contributed by atoms with Crippen molar-refractivity contribution < 1.29 is 0 Å². The largest absolute Gasteiger partial charge is 0.261 e. The van der Waals surface area contributed by atoms with E-state index in [9.17, 15) is 0 Å². The molecule has 2 heterocycles. The maximum absolute atomic E-state index is 4.46. The molecule has 0 aliphatic heterocycles. The summed E-state index contributed by atoms with van der Waals surface area (Å²) in [7, 11) is 0. The molecule has 0 fully saturated rings.